The molecular formula is C16H17ClN4S2. The number of thiocarbonyl (C=S) groups is 2. The predicted molar refractivity (Wildman–Crippen MR) is 106 cm³/mol. The fourth-order valence-corrected chi connectivity index (χ4v) is 2.58. The van der Waals surface area contributed by atoms with Crippen LogP contribution in [-0.4, -0.2) is 10.2 Å². The number of aryl methyl sites for hydroxylation is 2. The molecule has 7 heteroatoms. The van der Waals surface area contributed by atoms with E-state index in [-0.39, 0.29) is 0 Å². The molecule has 120 valence electrons. The lowest BCUT2D eigenvalue weighted by molar-refractivity contribution is 0.885. The Kier molecular flexibility index (Phi) is 6.15. The van der Waals surface area contributed by atoms with Crippen LogP contribution < -0.4 is 21.5 Å². The molecular weight excluding hydrogens is 348 g/mol. The number of benzene rings is 2. The van der Waals surface area contributed by atoms with Crippen LogP contribution in [0.25, 0.3) is 0 Å². The van der Waals surface area contributed by atoms with Crippen LogP contribution in [0.2, 0.25) is 5.02 Å². The number of hydrogen-bond donors (Lipinski definition) is 4. The molecule has 2 aromatic carbocycles. The Morgan fingerprint density at radius 2 is 1.39 bits per heavy atom. The summed E-state index contributed by atoms with van der Waals surface area (Å²) in [5.74, 6) is 0. The van der Waals surface area contributed by atoms with Gasteiger partial charge in [-0.3, -0.25) is 10.9 Å². The fourth-order valence-electron chi connectivity index (χ4n) is 2.05. The first-order valence-corrected chi connectivity index (χ1v) is 8.10. The summed E-state index contributed by atoms with van der Waals surface area (Å²) in [5.41, 5.74) is 9.72. The molecule has 4 N–H and O–H groups in total. The molecule has 0 amide bonds. The smallest absolute Gasteiger partial charge is 0.189 e. The maximum absolute atomic E-state index is 5.92. The summed E-state index contributed by atoms with van der Waals surface area (Å²) in [4.78, 5) is 0. The molecule has 0 saturated carbocycles. The van der Waals surface area contributed by atoms with Gasteiger partial charge in [0, 0.05) is 16.4 Å². The molecule has 0 heterocycles. The lowest BCUT2D eigenvalue weighted by Gasteiger charge is -2.15. The lowest BCUT2D eigenvalue weighted by Crippen LogP contribution is -2.45. The van der Waals surface area contributed by atoms with Gasteiger partial charge in [0.25, 0.3) is 0 Å². The highest BCUT2D eigenvalue weighted by Gasteiger charge is 2.01. The van der Waals surface area contributed by atoms with Gasteiger partial charge in [-0.2, -0.15) is 0 Å². The highest BCUT2D eigenvalue weighted by molar-refractivity contribution is 7.81. The van der Waals surface area contributed by atoms with Gasteiger partial charge in [0.15, 0.2) is 10.2 Å². The first-order chi connectivity index (χ1) is 10.9. The van der Waals surface area contributed by atoms with Crippen molar-refractivity contribution in [2.24, 2.45) is 0 Å². The number of nitrogens with one attached hydrogen (secondary N) is 4. The predicted octanol–water partition coefficient (Wildman–Crippen LogP) is 4.14. The van der Waals surface area contributed by atoms with Gasteiger partial charge in [-0.05, 0) is 79.7 Å². The van der Waals surface area contributed by atoms with E-state index in [9.17, 15) is 0 Å². The van der Waals surface area contributed by atoms with Crippen LogP contribution in [0.5, 0.6) is 0 Å². The van der Waals surface area contributed by atoms with Gasteiger partial charge < -0.3 is 10.6 Å². The third kappa shape index (κ3) is 6.02. The molecule has 0 atom stereocenters. The molecule has 0 bridgehead atoms. The maximum atomic E-state index is 5.92. The molecule has 0 aliphatic rings. The summed E-state index contributed by atoms with van der Waals surface area (Å²) in [5, 5.41) is 7.55. The first-order valence-electron chi connectivity index (χ1n) is 6.90. The summed E-state index contributed by atoms with van der Waals surface area (Å²) in [7, 11) is 0. The van der Waals surface area contributed by atoms with Gasteiger partial charge in [0.2, 0.25) is 0 Å². The van der Waals surface area contributed by atoms with E-state index in [0.717, 1.165) is 11.4 Å². The topological polar surface area (TPSA) is 48.1 Å². The van der Waals surface area contributed by atoms with Crippen molar-refractivity contribution in [2.75, 3.05) is 10.6 Å². The van der Waals surface area contributed by atoms with Gasteiger partial charge in [-0.15, -0.1) is 0 Å². The van der Waals surface area contributed by atoms with Gasteiger partial charge >= 0.3 is 0 Å². The molecule has 2 aromatic rings. The number of rotatable bonds is 2. The van der Waals surface area contributed by atoms with E-state index in [0.29, 0.717) is 15.2 Å². The van der Waals surface area contributed by atoms with E-state index in [1.807, 2.05) is 38.1 Å². The standard InChI is InChI=1S/C16H17ClN4S2/c1-10-6-11(2)8-14(7-10)19-16(23)21-20-15(22)18-13-5-3-4-12(17)9-13/h3-9H,1-2H3,(H2,18,20,22)(H2,19,21,23). The molecule has 0 aliphatic heterocycles. The van der Waals surface area contributed by atoms with Crippen molar-refractivity contribution in [1.29, 1.82) is 0 Å². The van der Waals surface area contributed by atoms with E-state index in [4.69, 9.17) is 36.0 Å². The van der Waals surface area contributed by atoms with E-state index < -0.39 is 0 Å². The fraction of sp³-hybridized carbons (Fsp3) is 0.125. The van der Waals surface area contributed by atoms with Gasteiger partial charge in [0.05, 0.1) is 0 Å². The average Bonchev–Trinajstić information content (AvgIpc) is 2.44. The van der Waals surface area contributed by atoms with E-state index in [1.165, 1.54) is 11.1 Å². The van der Waals surface area contributed by atoms with E-state index in [2.05, 4.69) is 27.6 Å². The highest BCUT2D eigenvalue weighted by Crippen LogP contribution is 2.15. The van der Waals surface area contributed by atoms with Crippen molar-refractivity contribution < 1.29 is 0 Å². The summed E-state index contributed by atoms with van der Waals surface area (Å²) < 4.78 is 0. The molecule has 23 heavy (non-hydrogen) atoms. The molecule has 0 saturated heterocycles. The van der Waals surface area contributed by atoms with Crippen molar-refractivity contribution in [3.05, 3.63) is 58.6 Å². The van der Waals surface area contributed by atoms with E-state index in [1.54, 1.807) is 12.1 Å². The Morgan fingerprint density at radius 3 is 1.96 bits per heavy atom. The zero-order valence-corrected chi connectivity index (χ0v) is 15.1. The molecule has 0 aliphatic carbocycles. The third-order valence-corrected chi connectivity index (χ3v) is 3.49. The zero-order valence-electron chi connectivity index (χ0n) is 12.7. The minimum atomic E-state index is 0.386. The molecule has 0 aromatic heterocycles. The Balaban J connectivity index is 1.83. The highest BCUT2D eigenvalue weighted by atomic mass is 35.5. The molecule has 0 fully saturated rings. The second-order valence-electron chi connectivity index (χ2n) is 5.04. The zero-order chi connectivity index (χ0) is 16.8. The Hall–Kier alpha value is -1.89. The minimum Gasteiger partial charge on any atom is -0.331 e. The Labute approximate surface area is 151 Å². The summed E-state index contributed by atoms with van der Waals surface area (Å²) in [6, 6.07) is 13.4. The first kappa shape index (κ1) is 17.5. The van der Waals surface area contributed by atoms with Crippen molar-refractivity contribution in [1.82, 2.24) is 10.9 Å². The second-order valence-corrected chi connectivity index (χ2v) is 6.30. The SMILES string of the molecule is Cc1cc(C)cc(NC(=S)NNC(=S)Nc2cccc(Cl)c2)c1. The monoisotopic (exact) mass is 364 g/mol. The van der Waals surface area contributed by atoms with Crippen molar-refractivity contribution >= 4 is 57.6 Å². The van der Waals surface area contributed by atoms with Gasteiger partial charge in [-0.1, -0.05) is 23.7 Å². The van der Waals surface area contributed by atoms with Crippen LogP contribution in [0, 0.1) is 13.8 Å². The van der Waals surface area contributed by atoms with Crippen LogP contribution in [0.4, 0.5) is 11.4 Å². The van der Waals surface area contributed by atoms with Crippen molar-refractivity contribution in [2.45, 2.75) is 13.8 Å². The normalized spacial score (nSPS) is 9.87. The second kappa shape index (κ2) is 8.10. The van der Waals surface area contributed by atoms with Crippen LogP contribution in [0.3, 0.4) is 0 Å². The molecule has 0 unspecified atom stereocenters. The van der Waals surface area contributed by atoms with E-state index >= 15 is 0 Å². The average molecular weight is 365 g/mol. The van der Waals surface area contributed by atoms with Crippen LogP contribution in [-0.2, 0) is 0 Å². The van der Waals surface area contributed by atoms with Crippen LogP contribution in [0.1, 0.15) is 11.1 Å². The number of anilines is 2. The third-order valence-electron chi connectivity index (χ3n) is 2.85. The van der Waals surface area contributed by atoms with Gasteiger partial charge in [-0.25, -0.2) is 0 Å². The maximum Gasteiger partial charge on any atom is 0.189 e. The molecule has 2 rings (SSSR count). The Bertz CT molecular complexity index is 714. The molecule has 0 radical (unpaired) electrons. The van der Waals surface area contributed by atoms with Crippen molar-refractivity contribution in [3.8, 4) is 0 Å². The Morgan fingerprint density at radius 1 is 0.826 bits per heavy atom. The molecule has 0 spiro atoms. The van der Waals surface area contributed by atoms with Crippen molar-refractivity contribution in [3.63, 3.8) is 0 Å². The van der Waals surface area contributed by atoms with Crippen LogP contribution >= 0.6 is 36.0 Å². The van der Waals surface area contributed by atoms with Gasteiger partial charge in [0.1, 0.15) is 0 Å². The molecule has 4 nitrogen and oxygen atoms in total. The van der Waals surface area contributed by atoms with Crippen LogP contribution in [0.15, 0.2) is 42.5 Å². The quantitative estimate of drug-likeness (QED) is 0.474. The summed E-state index contributed by atoms with van der Waals surface area (Å²) >= 11 is 16.3. The number of hydrogen-bond acceptors (Lipinski definition) is 2. The summed E-state index contributed by atoms with van der Waals surface area (Å²) in [6.45, 7) is 4.08. The minimum absolute atomic E-state index is 0.386. The lowest BCUT2D eigenvalue weighted by atomic mass is 10.1. The summed E-state index contributed by atoms with van der Waals surface area (Å²) in [6.07, 6.45) is 0. The largest absolute Gasteiger partial charge is 0.331 e. The number of hydrazine groups is 1. The number of halogens is 1.